The molecule has 0 radical (unpaired) electrons. The molecule has 5 heteroatoms. The molecule has 0 saturated carbocycles. The van der Waals surface area contributed by atoms with E-state index in [2.05, 4.69) is 4.74 Å². The third-order valence-corrected chi connectivity index (χ3v) is 2.52. The molecule has 1 N–H and O–H groups in total. The number of methoxy groups -OCH3 is 1. The highest BCUT2D eigenvalue weighted by atomic mass is 35.5. The normalized spacial score (nSPS) is 13.7. The molecule has 84 valence electrons. The Labute approximate surface area is 92.8 Å². The predicted molar refractivity (Wildman–Crippen MR) is 54.8 cm³/mol. The van der Waals surface area contributed by atoms with Crippen molar-refractivity contribution >= 4 is 17.6 Å². The second-order valence-corrected chi connectivity index (χ2v) is 4.12. The largest absolute Gasteiger partial charge is 0.467 e. The van der Waals surface area contributed by atoms with E-state index in [9.17, 15) is 9.90 Å². The van der Waals surface area contributed by atoms with Gasteiger partial charge in [-0.3, -0.25) is 0 Å². The maximum atomic E-state index is 11.2. The first-order valence-electron chi connectivity index (χ1n) is 4.41. The lowest BCUT2D eigenvalue weighted by molar-refractivity contribution is -0.154. The van der Waals surface area contributed by atoms with Crippen LogP contribution in [0, 0.1) is 0 Å². The molecule has 0 amide bonds. The van der Waals surface area contributed by atoms with E-state index in [4.69, 9.17) is 16.0 Å². The van der Waals surface area contributed by atoms with Crippen LogP contribution in [0.5, 0.6) is 0 Å². The Kier molecular flexibility index (Phi) is 3.42. The van der Waals surface area contributed by atoms with Crippen LogP contribution in [0.15, 0.2) is 16.5 Å². The Hall–Kier alpha value is -1.00. The first-order chi connectivity index (χ1) is 6.89. The molecule has 1 heterocycles. The number of aliphatic hydroxyl groups is 1. The summed E-state index contributed by atoms with van der Waals surface area (Å²) in [6.07, 6.45) is -1.29. The van der Waals surface area contributed by atoms with Crippen LogP contribution in [0.3, 0.4) is 0 Å². The molecule has 0 aliphatic rings. The van der Waals surface area contributed by atoms with Crippen LogP contribution >= 0.6 is 11.6 Å². The fraction of sp³-hybridized carbons (Fsp3) is 0.500. The maximum absolute atomic E-state index is 11.2. The third-order valence-electron chi connectivity index (χ3n) is 2.32. The first kappa shape index (κ1) is 12.1. The zero-order valence-electron chi connectivity index (χ0n) is 8.78. The van der Waals surface area contributed by atoms with Crippen molar-refractivity contribution < 1.29 is 19.1 Å². The summed E-state index contributed by atoms with van der Waals surface area (Å²) in [6.45, 7) is 3.34. The Bertz CT molecular complexity index is 356. The minimum atomic E-state index is -1.29. The number of aliphatic hydroxyl groups excluding tert-OH is 1. The molecule has 0 aliphatic heterocycles. The van der Waals surface area contributed by atoms with Crippen molar-refractivity contribution in [3.8, 4) is 0 Å². The molecule has 0 saturated heterocycles. The molecule has 1 atom stereocenters. The van der Waals surface area contributed by atoms with E-state index >= 15 is 0 Å². The van der Waals surface area contributed by atoms with Gasteiger partial charge in [-0.1, -0.05) is 0 Å². The Balaban J connectivity index is 2.96. The predicted octanol–water partition coefficient (Wildman–Crippen LogP) is 1.74. The van der Waals surface area contributed by atoms with E-state index in [0.29, 0.717) is 5.76 Å². The van der Waals surface area contributed by atoms with Crippen LogP contribution in [0.2, 0.25) is 5.22 Å². The highest BCUT2D eigenvalue weighted by molar-refractivity contribution is 6.28. The Morgan fingerprint density at radius 3 is 2.60 bits per heavy atom. The number of ether oxygens (including phenoxy) is 1. The van der Waals surface area contributed by atoms with Crippen LogP contribution in [0.1, 0.15) is 19.6 Å². The molecular weight excluding hydrogens is 220 g/mol. The number of hydrogen-bond acceptors (Lipinski definition) is 4. The number of carbonyl (C=O) groups excluding carboxylic acids is 1. The summed E-state index contributed by atoms with van der Waals surface area (Å²) < 4.78 is 9.62. The number of esters is 1. The Morgan fingerprint density at radius 1 is 1.60 bits per heavy atom. The van der Waals surface area contributed by atoms with Crippen LogP contribution in [-0.4, -0.2) is 24.3 Å². The van der Waals surface area contributed by atoms with Crippen molar-refractivity contribution in [2.75, 3.05) is 7.11 Å². The molecule has 0 fully saturated rings. The molecular formula is C10H13ClO4. The maximum Gasteiger partial charge on any atom is 0.335 e. The second-order valence-electron chi connectivity index (χ2n) is 3.75. The van der Waals surface area contributed by atoms with Gasteiger partial charge in [0.15, 0.2) is 11.3 Å². The lowest BCUT2D eigenvalue weighted by Gasteiger charge is -2.26. The van der Waals surface area contributed by atoms with Gasteiger partial charge in [0.1, 0.15) is 5.76 Å². The second kappa shape index (κ2) is 4.24. The highest BCUT2D eigenvalue weighted by Crippen LogP contribution is 2.30. The number of carbonyl (C=O) groups is 1. The average Bonchev–Trinajstić information content (AvgIpc) is 2.63. The van der Waals surface area contributed by atoms with E-state index in [1.54, 1.807) is 26.0 Å². The van der Waals surface area contributed by atoms with Gasteiger partial charge in [0.2, 0.25) is 0 Å². The molecule has 0 bridgehead atoms. The summed E-state index contributed by atoms with van der Waals surface area (Å²) in [5.41, 5.74) is -0.875. The first-order valence-corrected chi connectivity index (χ1v) is 4.79. The average molecular weight is 233 g/mol. The minimum Gasteiger partial charge on any atom is -0.467 e. The fourth-order valence-corrected chi connectivity index (χ4v) is 1.35. The highest BCUT2D eigenvalue weighted by Gasteiger charge is 2.38. The smallest absolute Gasteiger partial charge is 0.335 e. The fourth-order valence-electron chi connectivity index (χ4n) is 1.20. The van der Waals surface area contributed by atoms with Gasteiger partial charge in [-0.2, -0.15) is 0 Å². The molecule has 0 aromatic carbocycles. The minimum absolute atomic E-state index is 0.218. The van der Waals surface area contributed by atoms with Crippen molar-refractivity contribution in [3.63, 3.8) is 0 Å². The molecule has 15 heavy (non-hydrogen) atoms. The molecule has 4 nitrogen and oxygen atoms in total. The summed E-state index contributed by atoms with van der Waals surface area (Å²) >= 11 is 5.62. The third kappa shape index (κ3) is 2.33. The monoisotopic (exact) mass is 232 g/mol. The Morgan fingerprint density at radius 2 is 2.20 bits per heavy atom. The molecule has 1 unspecified atom stereocenters. The van der Waals surface area contributed by atoms with E-state index in [0.717, 1.165) is 0 Å². The van der Waals surface area contributed by atoms with Gasteiger partial charge < -0.3 is 14.3 Å². The van der Waals surface area contributed by atoms with Crippen molar-refractivity contribution in [1.82, 2.24) is 0 Å². The number of halogens is 1. The topological polar surface area (TPSA) is 59.7 Å². The quantitative estimate of drug-likeness (QED) is 0.807. The van der Waals surface area contributed by atoms with Crippen molar-refractivity contribution in [2.45, 2.75) is 25.4 Å². The van der Waals surface area contributed by atoms with Gasteiger partial charge >= 0.3 is 5.97 Å². The molecule has 1 rings (SSSR count). The van der Waals surface area contributed by atoms with Gasteiger partial charge in [0, 0.05) is 0 Å². The van der Waals surface area contributed by atoms with Gasteiger partial charge in [-0.05, 0) is 37.6 Å². The summed E-state index contributed by atoms with van der Waals surface area (Å²) in [4.78, 5) is 11.2. The van der Waals surface area contributed by atoms with Gasteiger partial charge in [0.05, 0.1) is 12.5 Å². The zero-order chi connectivity index (χ0) is 11.6. The number of rotatable bonds is 3. The standard InChI is InChI=1S/C10H13ClO4/c1-10(2,8(12)9(13)14-3)6-4-5-7(11)15-6/h4-5,8,12H,1-3H3. The molecule has 0 aliphatic carbocycles. The van der Waals surface area contributed by atoms with E-state index in [-0.39, 0.29) is 5.22 Å². The van der Waals surface area contributed by atoms with Crippen molar-refractivity contribution in [3.05, 3.63) is 23.1 Å². The summed E-state index contributed by atoms with van der Waals surface area (Å²) in [7, 11) is 1.22. The summed E-state index contributed by atoms with van der Waals surface area (Å²) in [5, 5.41) is 9.95. The van der Waals surface area contributed by atoms with Gasteiger partial charge in [0.25, 0.3) is 0 Å². The molecule has 0 spiro atoms. The van der Waals surface area contributed by atoms with Crippen LogP contribution in [-0.2, 0) is 14.9 Å². The summed E-state index contributed by atoms with van der Waals surface area (Å²) in [6, 6.07) is 3.18. The van der Waals surface area contributed by atoms with Crippen molar-refractivity contribution in [2.24, 2.45) is 0 Å². The van der Waals surface area contributed by atoms with Crippen molar-refractivity contribution in [1.29, 1.82) is 0 Å². The van der Waals surface area contributed by atoms with Crippen LogP contribution in [0.25, 0.3) is 0 Å². The van der Waals surface area contributed by atoms with Crippen LogP contribution < -0.4 is 0 Å². The SMILES string of the molecule is COC(=O)C(O)C(C)(C)c1ccc(Cl)o1. The van der Waals surface area contributed by atoms with E-state index in [1.807, 2.05) is 0 Å². The summed E-state index contributed by atoms with van der Waals surface area (Å²) in [5.74, 6) is -0.266. The lowest BCUT2D eigenvalue weighted by Crippen LogP contribution is -2.40. The van der Waals surface area contributed by atoms with E-state index < -0.39 is 17.5 Å². The molecule has 1 aromatic heterocycles. The zero-order valence-corrected chi connectivity index (χ0v) is 9.54. The lowest BCUT2D eigenvalue weighted by atomic mass is 9.84. The van der Waals surface area contributed by atoms with E-state index in [1.165, 1.54) is 7.11 Å². The van der Waals surface area contributed by atoms with Crippen LogP contribution in [0.4, 0.5) is 0 Å². The number of furan rings is 1. The van der Waals surface area contributed by atoms with Gasteiger partial charge in [-0.15, -0.1) is 0 Å². The number of hydrogen-bond donors (Lipinski definition) is 1. The van der Waals surface area contributed by atoms with Gasteiger partial charge in [-0.25, -0.2) is 4.79 Å². The molecule has 1 aromatic rings.